The number of ether oxygens (including phenoxy) is 1. The molecule has 0 amide bonds. The van der Waals surface area contributed by atoms with Crippen molar-refractivity contribution in [2.75, 3.05) is 0 Å². The molecule has 0 bridgehead atoms. The van der Waals surface area contributed by atoms with E-state index >= 15 is 0 Å². The van der Waals surface area contributed by atoms with Gasteiger partial charge in [-0.1, -0.05) is 46.0 Å². The summed E-state index contributed by atoms with van der Waals surface area (Å²) in [5, 5.41) is 0. The van der Waals surface area contributed by atoms with E-state index in [1.807, 2.05) is 0 Å². The van der Waals surface area contributed by atoms with E-state index < -0.39 is 0 Å². The first-order valence-corrected chi connectivity index (χ1v) is 6.93. The second-order valence-corrected chi connectivity index (χ2v) is 6.20. The van der Waals surface area contributed by atoms with Gasteiger partial charge in [0.25, 0.3) is 0 Å². The molecule has 3 rings (SSSR count). The minimum Gasteiger partial charge on any atom is -0.369 e. The zero-order chi connectivity index (χ0) is 10.4. The molecule has 3 fully saturated rings. The lowest BCUT2D eigenvalue weighted by Crippen LogP contribution is -2.34. The van der Waals surface area contributed by atoms with Gasteiger partial charge in [0.2, 0.25) is 0 Å². The largest absolute Gasteiger partial charge is 0.369 e. The average molecular weight is 208 g/mol. The van der Waals surface area contributed by atoms with Gasteiger partial charge in [-0.05, 0) is 30.1 Å². The van der Waals surface area contributed by atoms with Crippen molar-refractivity contribution in [2.45, 2.75) is 64.6 Å². The predicted octanol–water partition coefficient (Wildman–Crippen LogP) is 3.63. The summed E-state index contributed by atoms with van der Waals surface area (Å²) in [7, 11) is 0. The molecule has 5 unspecified atom stereocenters. The Hall–Kier alpha value is -0.0400. The summed E-state index contributed by atoms with van der Waals surface area (Å²) >= 11 is 0. The summed E-state index contributed by atoms with van der Waals surface area (Å²) in [6, 6.07) is 0. The summed E-state index contributed by atoms with van der Waals surface area (Å²) in [4.78, 5) is 0. The molecule has 2 saturated carbocycles. The number of fused-ring (bicyclic) bond motifs is 1. The summed E-state index contributed by atoms with van der Waals surface area (Å²) in [5.74, 6) is 3.68. The van der Waals surface area contributed by atoms with Crippen LogP contribution in [0.4, 0.5) is 0 Å². The lowest BCUT2D eigenvalue weighted by Gasteiger charge is -2.37. The molecule has 1 heteroatoms. The minimum absolute atomic E-state index is 0.639. The molecule has 0 radical (unpaired) electrons. The van der Waals surface area contributed by atoms with Crippen molar-refractivity contribution in [3.05, 3.63) is 0 Å². The summed E-state index contributed by atoms with van der Waals surface area (Å²) in [5.41, 5.74) is 0. The van der Waals surface area contributed by atoms with Gasteiger partial charge in [-0.25, -0.2) is 0 Å². The Morgan fingerprint density at radius 2 is 1.67 bits per heavy atom. The van der Waals surface area contributed by atoms with Crippen LogP contribution >= 0.6 is 0 Å². The van der Waals surface area contributed by atoms with Crippen LogP contribution in [0, 0.1) is 23.7 Å². The van der Waals surface area contributed by atoms with Gasteiger partial charge in [0, 0.05) is 0 Å². The second kappa shape index (κ2) is 3.76. The van der Waals surface area contributed by atoms with Crippen LogP contribution in [0.3, 0.4) is 0 Å². The molecule has 1 heterocycles. The molecule has 0 aromatic heterocycles. The third-order valence-corrected chi connectivity index (χ3v) is 5.22. The maximum absolute atomic E-state index is 5.82. The van der Waals surface area contributed by atoms with E-state index in [4.69, 9.17) is 4.74 Å². The molecule has 3 aliphatic rings. The third-order valence-electron chi connectivity index (χ3n) is 5.22. The van der Waals surface area contributed by atoms with Gasteiger partial charge in [0.15, 0.2) is 0 Å². The Morgan fingerprint density at radius 1 is 0.933 bits per heavy atom. The SMILES string of the molecule is CC1CC(C2CCCCC2)C(C)C2OC12. The second-order valence-electron chi connectivity index (χ2n) is 6.20. The predicted molar refractivity (Wildman–Crippen MR) is 61.7 cm³/mol. The van der Waals surface area contributed by atoms with Gasteiger partial charge < -0.3 is 4.74 Å². The first kappa shape index (κ1) is 10.1. The molecule has 1 nitrogen and oxygen atoms in total. The molecule has 5 atom stereocenters. The van der Waals surface area contributed by atoms with E-state index in [-0.39, 0.29) is 0 Å². The van der Waals surface area contributed by atoms with E-state index in [2.05, 4.69) is 13.8 Å². The van der Waals surface area contributed by atoms with Crippen molar-refractivity contribution < 1.29 is 4.74 Å². The van der Waals surface area contributed by atoms with Gasteiger partial charge in [-0.15, -0.1) is 0 Å². The van der Waals surface area contributed by atoms with Gasteiger partial charge in [0.05, 0.1) is 12.2 Å². The molecule has 0 aromatic carbocycles. The minimum atomic E-state index is 0.639. The van der Waals surface area contributed by atoms with E-state index in [0.717, 1.165) is 23.7 Å². The van der Waals surface area contributed by atoms with Crippen molar-refractivity contribution in [1.82, 2.24) is 0 Å². The molecule has 0 N–H and O–H groups in total. The first-order chi connectivity index (χ1) is 7.27. The van der Waals surface area contributed by atoms with Gasteiger partial charge >= 0.3 is 0 Å². The van der Waals surface area contributed by atoms with Gasteiger partial charge in [0.1, 0.15) is 0 Å². The highest BCUT2D eigenvalue weighted by molar-refractivity contribution is 5.01. The van der Waals surface area contributed by atoms with Crippen molar-refractivity contribution >= 4 is 0 Å². The molecular weight excluding hydrogens is 184 g/mol. The van der Waals surface area contributed by atoms with Crippen LogP contribution < -0.4 is 0 Å². The van der Waals surface area contributed by atoms with Crippen LogP contribution in [0.5, 0.6) is 0 Å². The highest BCUT2D eigenvalue weighted by Crippen LogP contribution is 2.51. The van der Waals surface area contributed by atoms with Crippen molar-refractivity contribution in [3.63, 3.8) is 0 Å². The first-order valence-electron chi connectivity index (χ1n) is 6.93. The van der Waals surface area contributed by atoms with Crippen LogP contribution in [0.25, 0.3) is 0 Å². The fraction of sp³-hybridized carbons (Fsp3) is 1.00. The maximum Gasteiger partial charge on any atom is 0.0872 e. The van der Waals surface area contributed by atoms with E-state index in [1.165, 1.54) is 38.5 Å². The zero-order valence-corrected chi connectivity index (χ0v) is 10.1. The summed E-state index contributed by atoms with van der Waals surface area (Å²) in [6.07, 6.45) is 10.2. The van der Waals surface area contributed by atoms with E-state index in [0.29, 0.717) is 12.2 Å². The van der Waals surface area contributed by atoms with Crippen LogP contribution in [-0.2, 0) is 4.74 Å². The standard InChI is InChI=1S/C14H24O/c1-9-8-12(10(2)14-13(9)15-14)11-6-4-3-5-7-11/h9-14H,3-8H2,1-2H3. The smallest absolute Gasteiger partial charge is 0.0872 e. The van der Waals surface area contributed by atoms with E-state index in [1.54, 1.807) is 0 Å². The summed E-state index contributed by atoms with van der Waals surface area (Å²) < 4.78 is 5.82. The molecule has 86 valence electrons. The summed E-state index contributed by atoms with van der Waals surface area (Å²) in [6.45, 7) is 4.84. The lowest BCUT2D eigenvalue weighted by molar-refractivity contribution is 0.130. The number of hydrogen-bond acceptors (Lipinski definition) is 1. The number of epoxide rings is 1. The Kier molecular flexibility index (Phi) is 2.54. The van der Waals surface area contributed by atoms with Crippen LogP contribution in [-0.4, -0.2) is 12.2 Å². The van der Waals surface area contributed by atoms with Crippen molar-refractivity contribution in [3.8, 4) is 0 Å². The molecule has 1 aliphatic heterocycles. The monoisotopic (exact) mass is 208 g/mol. The molecule has 0 aromatic rings. The maximum atomic E-state index is 5.82. The van der Waals surface area contributed by atoms with Crippen molar-refractivity contribution in [1.29, 1.82) is 0 Å². The zero-order valence-electron chi connectivity index (χ0n) is 10.1. The highest BCUT2D eigenvalue weighted by Gasteiger charge is 2.54. The third kappa shape index (κ3) is 1.73. The Morgan fingerprint density at radius 3 is 2.40 bits per heavy atom. The number of rotatable bonds is 1. The van der Waals surface area contributed by atoms with Gasteiger partial charge in [-0.2, -0.15) is 0 Å². The van der Waals surface area contributed by atoms with Crippen molar-refractivity contribution in [2.24, 2.45) is 23.7 Å². The molecule has 0 spiro atoms. The topological polar surface area (TPSA) is 12.5 Å². The molecule has 2 aliphatic carbocycles. The molecule has 15 heavy (non-hydrogen) atoms. The van der Waals surface area contributed by atoms with Gasteiger partial charge in [-0.3, -0.25) is 0 Å². The fourth-order valence-electron chi connectivity index (χ4n) is 4.22. The quantitative estimate of drug-likeness (QED) is 0.599. The van der Waals surface area contributed by atoms with Crippen LogP contribution in [0.15, 0.2) is 0 Å². The number of hydrogen-bond donors (Lipinski definition) is 0. The normalized spacial score (nSPS) is 51.2. The Bertz CT molecular complexity index is 231. The van der Waals surface area contributed by atoms with E-state index in [9.17, 15) is 0 Å². The molecular formula is C14H24O. The van der Waals surface area contributed by atoms with Crippen LogP contribution in [0.2, 0.25) is 0 Å². The Labute approximate surface area is 93.6 Å². The average Bonchev–Trinajstić information content (AvgIpc) is 3.05. The fourth-order valence-corrected chi connectivity index (χ4v) is 4.22. The molecule has 1 saturated heterocycles. The lowest BCUT2D eigenvalue weighted by atomic mass is 9.66. The van der Waals surface area contributed by atoms with Crippen LogP contribution in [0.1, 0.15) is 52.4 Å². The Balaban J connectivity index is 1.68. The highest BCUT2D eigenvalue weighted by atomic mass is 16.6.